The molecule has 0 aromatic rings. The summed E-state index contributed by atoms with van der Waals surface area (Å²) in [6.45, 7) is 5.06. The van der Waals surface area contributed by atoms with Crippen molar-refractivity contribution in [2.45, 2.75) is 117 Å². The zero-order valence-electron chi connectivity index (χ0n) is 18.3. The number of carbonyl (C=O) groups excluding carboxylic acids is 1. The first-order valence-electron chi connectivity index (χ1n) is 11.7. The van der Waals surface area contributed by atoms with E-state index in [0.29, 0.717) is 13.0 Å². The molecule has 0 amide bonds. The highest BCUT2D eigenvalue weighted by atomic mass is 32.2. The van der Waals surface area contributed by atoms with Crippen LogP contribution in [0.5, 0.6) is 0 Å². The molecule has 0 unspecified atom stereocenters. The molecule has 0 N–H and O–H groups in total. The number of allylic oxidation sites excluding steroid dienone is 2. The van der Waals surface area contributed by atoms with Gasteiger partial charge in [0.15, 0.2) is 0 Å². The maximum absolute atomic E-state index is 11.6. The molecule has 0 saturated carbocycles. The number of hydrogen-bond donors (Lipinski definition) is 0. The molecule has 0 bridgehead atoms. The summed E-state index contributed by atoms with van der Waals surface area (Å²) in [7, 11) is 0. The second-order valence-corrected chi connectivity index (χ2v) is 8.75. The van der Waals surface area contributed by atoms with Gasteiger partial charge in [0.1, 0.15) is 6.61 Å². The molecule has 0 aromatic heterocycles. The Morgan fingerprint density at radius 2 is 1.26 bits per heavy atom. The molecule has 160 valence electrons. The molecule has 0 heterocycles. The second-order valence-electron chi connectivity index (χ2n) is 7.52. The van der Waals surface area contributed by atoms with Gasteiger partial charge in [0, 0.05) is 12.2 Å². The average Bonchev–Trinajstić information content (AvgIpc) is 2.67. The molecule has 0 aliphatic heterocycles. The Labute approximate surface area is 174 Å². The van der Waals surface area contributed by atoms with Crippen molar-refractivity contribution in [3.8, 4) is 0 Å². The van der Waals surface area contributed by atoms with Gasteiger partial charge in [0.25, 0.3) is 0 Å². The summed E-state index contributed by atoms with van der Waals surface area (Å²) in [5.41, 5.74) is 0. The van der Waals surface area contributed by atoms with Crippen molar-refractivity contribution in [1.29, 1.82) is 0 Å². The number of ether oxygens (including phenoxy) is 1. The normalized spacial score (nSPS) is 11.3. The predicted molar refractivity (Wildman–Crippen MR) is 123 cm³/mol. The minimum absolute atomic E-state index is 0.0104. The lowest BCUT2D eigenvalue weighted by Gasteiger charge is -2.05. The summed E-state index contributed by atoms with van der Waals surface area (Å²) < 4.78 is 5.27. The van der Waals surface area contributed by atoms with Crippen LogP contribution in [0.1, 0.15) is 117 Å². The minimum Gasteiger partial charge on any atom is -0.465 e. The molecule has 0 aromatic carbocycles. The van der Waals surface area contributed by atoms with Crippen molar-refractivity contribution in [3.05, 3.63) is 12.2 Å². The fourth-order valence-corrected chi connectivity index (χ4v) is 3.87. The van der Waals surface area contributed by atoms with Crippen molar-refractivity contribution in [1.82, 2.24) is 0 Å². The van der Waals surface area contributed by atoms with Gasteiger partial charge in [-0.2, -0.15) is 11.8 Å². The van der Waals surface area contributed by atoms with Gasteiger partial charge in [-0.15, -0.1) is 0 Å². The summed E-state index contributed by atoms with van der Waals surface area (Å²) >= 11 is 1.89. The van der Waals surface area contributed by atoms with Crippen LogP contribution >= 0.6 is 11.8 Å². The SMILES string of the molecule is CCCCCCCCC=CCCCCCCCC(=O)OCCSCCCC. The Morgan fingerprint density at radius 1 is 0.704 bits per heavy atom. The van der Waals surface area contributed by atoms with Crippen LogP contribution in [0, 0.1) is 0 Å². The molecule has 0 spiro atoms. The molecule has 2 nitrogen and oxygen atoms in total. The lowest BCUT2D eigenvalue weighted by atomic mass is 10.1. The standard InChI is InChI=1S/C24H46O2S/c1-3-5-7-8-9-10-11-12-13-14-15-16-17-18-19-20-24(25)26-21-23-27-22-6-4-2/h12-13H,3-11,14-23H2,1-2H3. The molecule has 0 fully saturated rings. The first-order valence-corrected chi connectivity index (χ1v) is 12.8. The number of carbonyl (C=O) groups is 1. The summed E-state index contributed by atoms with van der Waals surface area (Å²) in [6.07, 6.45) is 24.5. The number of rotatable bonds is 21. The minimum atomic E-state index is -0.0104. The monoisotopic (exact) mass is 398 g/mol. The lowest BCUT2D eigenvalue weighted by Crippen LogP contribution is -2.07. The molecular weight excluding hydrogens is 352 g/mol. The third-order valence-electron chi connectivity index (χ3n) is 4.78. The van der Waals surface area contributed by atoms with Gasteiger partial charge < -0.3 is 4.74 Å². The summed E-state index contributed by atoms with van der Waals surface area (Å²) in [5.74, 6) is 2.11. The quantitative estimate of drug-likeness (QED) is 0.111. The Morgan fingerprint density at radius 3 is 1.89 bits per heavy atom. The van der Waals surface area contributed by atoms with E-state index in [-0.39, 0.29) is 5.97 Å². The van der Waals surface area contributed by atoms with Crippen molar-refractivity contribution >= 4 is 17.7 Å². The van der Waals surface area contributed by atoms with E-state index in [1.807, 2.05) is 11.8 Å². The van der Waals surface area contributed by atoms with Crippen LogP contribution in [0.25, 0.3) is 0 Å². The van der Waals surface area contributed by atoms with Crippen LogP contribution in [-0.2, 0) is 9.53 Å². The van der Waals surface area contributed by atoms with E-state index in [2.05, 4.69) is 26.0 Å². The Kier molecular flexibility index (Phi) is 23.2. The highest BCUT2D eigenvalue weighted by molar-refractivity contribution is 7.99. The number of thioether (sulfide) groups is 1. The average molecular weight is 399 g/mol. The van der Waals surface area contributed by atoms with E-state index >= 15 is 0 Å². The third-order valence-corrected chi connectivity index (χ3v) is 5.81. The maximum Gasteiger partial charge on any atom is 0.305 e. The van der Waals surface area contributed by atoms with E-state index in [1.165, 1.54) is 89.2 Å². The summed E-state index contributed by atoms with van der Waals surface area (Å²) in [5, 5.41) is 0. The van der Waals surface area contributed by atoms with E-state index in [1.54, 1.807) is 0 Å². The fraction of sp³-hybridized carbons (Fsp3) is 0.875. The first kappa shape index (κ1) is 26.6. The number of esters is 1. The van der Waals surface area contributed by atoms with Gasteiger partial charge in [-0.05, 0) is 44.3 Å². The third kappa shape index (κ3) is 23.5. The zero-order valence-corrected chi connectivity index (χ0v) is 19.1. The fourth-order valence-electron chi connectivity index (χ4n) is 2.98. The highest BCUT2D eigenvalue weighted by Gasteiger charge is 2.02. The van der Waals surface area contributed by atoms with Crippen LogP contribution in [0.3, 0.4) is 0 Å². The van der Waals surface area contributed by atoms with Crippen molar-refractivity contribution in [3.63, 3.8) is 0 Å². The Bertz CT molecular complexity index is 328. The molecule has 0 atom stereocenters. The highest BCUT2D eigenvalue weighted by Crippen LogP contribution is 2.10. The topological polar surface area (TPSA) is 26.3 Å². The molecule has 3 heteroatoms. The summed E-state index contributed by atoms with van der Waals surface area (Å²) in [4.78, 5) is 11.6. The van der Waals surface area contributed by atoms with Gasteiger partial charge in [-0.1, -0.05) is 83.8 Å². The molecule has 0 aliphatic carbocycles. The number of hydrogen-bond acceptors (Lipinski definition) is 3. The lowest BCUT2D eigenvalue weighted by molar-refractivity contribution is -0.143. The smallest absolute Gasteiger partial charge is 0.305 e. The maximum atomic E-state index is 11.6. The van der Waals surface area contributed by atoms with Crippen molar-refractivity contribution in [2.75, 3.05) is 18.1 Å². The molecule has 0 aliphatic rings. The van der Waals surface area contributed by atoms with Crippen LogP contribution in [0.4, 0.5) is 0 Å². The number of unbranched alkanes of at least 4 members (excludes halogenated alkanes) is 12. The van der Waals surface area contributed by atoms with E-state index in [4.69, 9.17) is 4.74 Å². The van der Waals surface area contributed by atoms with E-state index in [9.17, 15) is 4.79 Å². The molecule has 0 rings (SSSR count). The van der Waals surface area contributed by atoms with Crippen molar-refractivity contribution in [2.24, 2.45) is 0 Å². The van der Waals surface area contributed by atoms with E-state index < -0.39 is 0 Å². The predicted octanol–water partition coefficient (Wildman–Crippen LogP) is 8.10. The van der Waals surface area contributed by atoms with Crippen LogP contribution in [0.15, 0.2) is 12.2 Å². The van der Waals surface area contributed by atoms with Crippen molar-refractivity contribution < 1.29 is 9.53 Å². The van der Waals surface area contributed by atoms with Gasteiger partial charge in [0.2, 0.25) is 0 Å². The van der Waals surface area contributed by atoms with Gasteiger partial charge >= 0.3 is 5.97 Å². The van der Waals surface area contributed by atoms with Gasteiger partial charge in [-0.3, -0.25) is 4.79 Å². The molecule has 0 saturated heterocycles. The largest absolute Gasteiger partial charge is 0.465 e. The van der Waals surface area contributed by atoms with Gasteiger partial charge in [0.05, 0.1) is 0 Å². The zero-order chi connectivity index (χ0) is 19.8. The van der Waals surface area contributed by atoms with Crippen LogP contribution in [-0.4, -0.2) is 24.1 Å². The molecule has 27 heavy (non-hydrogen) atoms. The molecule has 0 radical (unpaired) electrons. The van der Waals surface area contributed by atoms with Crippen LogP contribution in [0.2, 0.25) is 0 Å². The Balaban J connectivity index is 3.19. The second kappa shape index (κ2) is 23.6. The van der Waals surface area contributed by atoms with E-state index in [0.717, 1.165) is 18.6 Å². The Hall–Kier alpha value is -0.440. The summed E-state index contributed by atoms with van der Waals surface area (Å²) in [6, 6.07) is 0. The van der Waals surface area contributed by atoms with Crippen LogP contribution < -0.4 is 0 Å². The molecular formula is C24H46O2S. The first-order chi connectivity index (χ1) is 13.3. The van der Waals surface area contributed by atoms with Gasteiger partial charge in [-0.25, -0.2) is 0 Å².